The SMILES string of the molecule is CCCNCc1cc(N(C)C)c2c(c1O)C(=O)C1=C(O)C3C(CC(O)=C(C(N)=O)[C@]3(C)O)CC1C2. The number of aliphatic hydroxyl groups excluding tert-OH is 2. The Labute approximate surface area is 204 Å². The van der Waals surface area contributed by atoms with Crippen LogP contribution in [0.25, 0.3) is 0 Å². The molecule has 0 aliphatic heterocycles. The minimum absolute atomic E-state index is 0.0712. The van der Waals surface area contributed by atoms with E-state index in [-0.39, 0.29) is 52.2 Å². The highest BCUT2D eigenvalue weighted by Gasteiger charge is 2.55. The summed E-state index contributed by atoms with van der Waals surface area (Å²) in [5.41, 5.74) is 5.62. The van der Waals surface area contributed by atoms with Gasteiger partial charge in [-0.05, 0) is 56.2 Å². The average Bonchev–Trinajstić information content (AvgIpc) is 2.73. The number of hydrogen-bond donors (Lipinski definition) is 6. The second kappa shape index (κ2) is 8.87. The van der Waals surface area contributed by atoms with Crippen molar-refractivity contribution >= 4 is 17.4 Å². The number of Topliss-reactive ketones (excluding diaryl/α,β-unsaturated/α-hetero) is 1. The number of benzene rings is 1. The molecule has 1 aromatic rings. The van der Waals surface area contributed by atoms with Gasteiger partial charge in [0, 0.05) is 43.9 Å². The summed E-state index contributed by atoms with van der Waals surface area (Å²) in [4.78, 5) is 27.8. The van der Waals surface area contributed by atoms with Crippen molar-refractivity contribution < 1.29 is 30.0 Å². The predicted octanol–water partition coefficient (Wildman–Crippen LogP) is 2.21. The van der Waals surface area contributed by atoms with Crippen molar-refractivity contribution in [2.45, 2.75) is 51.7 Å². The van der Waals surface area contributed by atoms with Gasteiger partial charge in [-0.15, -0.1) is 0 Å². The van der Waals surface area contributed by atoms with Crippen LogP contribution in [0.2, 0.25) is 0 Å². The summed E-state index contributed by atoms with van der Waals surface area (Å²) >= 11 is 0. The molecule has 7 N–H and O–H groups in total. The number of nitrogens with one attached hydrogen (secondary N) is 1. The molecule has 3 unspecified atom stereocenters. The normalized spacial score (nSPS) is 27.9. The van der Waals surface area contributed by atoms with Crippen LogP contribution >= 0.6 is 0 Å². The van der Waals surface area contributed by atoms with E-state index in [1.54, 1.807) is 0 Å². The van der Waals surface area contributed by atoms with E-state index in [1.165, 1.54) is 6.92 Å². The Kier molecular flexibility index (Phi) is 6.36. The van der Waals surface area contributed by atoms with Crippen molar-refractivity contribution in [3.05, 3.63) is 45.4 Å². The standard InChI is InChI=1S/C26H35N3O6/c1-5-6-28-11-14-9-16(29(3)4)15-8-12-7-13-10-17(30)21(25(27)34)26(2,35)20(13)24(33)18(12)23(32)19(15)22(14)31/h9,12-13,20,28,30-31,33,35H,5-8,10-11H2,1-4H3,(H2,27,34)/t12?,13?,20?,26-/m1/s1. The maximum atomic E-state index is 13.9. The second-order valence-electron chi connectivity index (χ2n) is 10.4. The van der Waals surface area contributed by atoms with Gasteiger partial charge in [0.2, 0.25) is 0 Å². The van der Waals surface area contributed by atoms with Crippen LogP contribution in [0, 0.1) is 17.8 Å². The fourth-order valence-electron chi connectivity index (χ4n) is 6.34. The van der Waals surface area contributed by atoms with Crippen LogP contribution in [0.1, 0.15) is 54.6 Å². The first kappa shape index (κ1) is 25.1. The number of nitrogens with two attached hydrogens (primary N) is 1. The fraction of sp³-hybridized carbons (Fsp3) is 0.538. The van der Waals surface area contributed by atoms with E-state index in [9.17, 15) is 30.0 Å². The number of ketones is 1. The fourth-order valence-corrected chi connectivity index (χ4v) is 6.34. The molecule has 4 rings (SSSR count). The van der Waals surface area contributed by atoms with Crippen LogP contribution in [0.15, 0.2) is 28.7 Å². The van der Waals surface area contributed by atoms with Crippen molar-refractivity contribution in [3.8, 4) is 5.75 Å². The van der Waals surface area contributed by atoms with Crippen LogP contribution in [-0.2, 0) is 17.8 Å². The molecule has 3 aliphatic carbocycles. The number of rotatable bonds is 6. The number of hydrogen-bond acceptors (Lipinski definition) is 8. The third-order valence-corrected chi connectivity index (χ3v) is 7.75. The summed E-state index contributed by atoms with van der Waals surface area (Å²) in [5.74, 6) is -3.82. The smallest absolute Gasteiger partial charge is 0.250 e. The van der Waals surface area contributed by atoms with E-state index in [0.717, 1.165) is 24.2 Å². The van der Waals surface area contributed by atoms with E-state index in [2.05, 4.69) is 5.32 Å². The number of nitrogens with zero attached hydrogens (tertiary/aromatic N) is 1. The van der Waals surface area contributed by atoms with E-state index in [0.29, 0.717) is 24.9 Å². The lowest BCUT2D eigenvalue weighted by Crippen LogP contribution is -2.52. The number of amides is 1. The van der Waals surface area contributed by atoms with E-state index in [1.807, 2.05) is 32.0 Å². The average molecular weight is 486 g/mol. The second-order valence-corrected chi connectivity index (χ2v) is 10.4. The highest BCUT2D eigenvalue weighted by Crippen LogP contribution is 2.54. The molecule has 9 nitrogen and oxygen atoms in total. The molecule has 0 fully saturated rings. The van der Waals surface area contributed by atoms with Crippen molar-refractivity contribution in [2.75, 3.05) is 25.5 Å². The molecule has 4 atom stereocenters. The minimum atomic E-state index is -1.94. The number of phenolic OH excluding ortho intramolecular Hbond substituents is 1. The molecular formula is C26H35N3O6. The summed E-state index contributed by atoms with van der Waals surface area (Å²) in [7, 11) is 3.76. The number of aliphatic hydroxyl groups is 3. The number of carbonyl (C=O) groups is 2. The number of fused-ring (bicyclic) bond motifs is 3. The molecule has 0 spiro atoms. The van der Waals surface area contributed by atoms with Gasteiger partial charge in [0.05, 0.1) is 17.1 Å². The van der Waals surface area contributed by atoms with Crippen molar-refractivity contribution in [2.24, 2.45) is 23.5 Å². The highest BCUT2D eigenvalue weighted by atomic mass is 16.3. The first-order valence-electron chi connectivity index (χ1n) is 12.1. The third kappa shape index (κ3) is 3.87. The lowest BCUT2D eigenvalue weighted by atomic mass is 9.58. The van der Waals surface area contributed by atoms with Gasteiger partial charge >= 0.3 is 0 Å². The molecule has 1 aromatic carbocycles. The Morgan fingerprint density at radius 3 is 2.54 bits per heavy atom. The van der Waals surface area contributed by atoms with Gasteiger partial charge in [0.1, 0.15) is 22.9 Å². The Morgan fingerprint density at radius 2 is 1.94 bits per heavy atom. The number of anilines is 1. The lowest BCUT2D eigenvalue weighted by molar-refractivity contribution is -0.119. The van der Waals surface area contributed by atoms with Crippen molar-refractivity contribution in [1.29, 1.82) is 0 Å². The van der Waals surface area contributed by atoms with Gasteiger partial charge in [-0.25, -0.2) is 0 Å². The first-order chi connectivity index (χ1) is 16.4. The monoisotopic (exact) mass is 485 g/mol. The van der Waals surface area contributed by atoms with E-state index in [4.69, 9.17) is 5.73 Å². The van der Waals surface area contributed by atoms with Crippen LogP contribution in [-0.4, -0.2) is 58.4 Å². The lowest BCUT2D eigenvalue weighted by Gasteiger charge is -2.48. The van der Waals surface area contributed by atoms with Crippen LogP contribution in [0.5, 0.6) is 5.75 Å². The molecule has 0 bridgehead atoms. The summed E-state index contributed by atoms with van der Waals surface area (Å²) < 4.78 is 0. The molecule has 190 valence electrons. The summed E-state index contributed by atoms with van der Waals surface area (Å²) in [6, 6.07) is 1.89. The topological polar surface area (TPSA) is 156 Å². The maximum Gasteiger partial charge on any atom is 0.250 e. The molecule has 0 radical (unpaired) electrons. The number of carbonyl (C=O) groups excluding carboxylic acids is 2. The van der Waals surface area contributed by atoms with Gasteiger partial charge in [0.25, 0.3) is 5.91 Å². The molecule has 35 heavy (non-hydrogen) atoms. The molecule has 0 heterocycles. The Hall–Kier alpha value is -3.04. The van der Waals surface area contributed by atoms with Crippen molar-refractivity contribution in [3.63, 3.8) is 0 Å². The van der Waals surface area contributed by atoms with Crippen LogP contribution in [0.4, 0.5) is 5.69 Å². The van der Waals surface area contributed by atoms with E-state index >= 15 is 0 Å². The van der Waals surface area contributed by atoms with Crippen molar-refractivity contribution in [1.82, 2.24) is 5.32 Å². The molecule has 1 amide bonds. The largest absolute Gasteiger partial charge is 0.512 e. The van der Waals surface area contributed by atoms with Gasteiger partial charge in [-0.2, -0.15) is 0 Å². The first-order valence-corrected chi connectivity index (χ1v) is 12.1. The quantitative estimate of drug-likeness (QED) is 0.335. The van der Waals surface area contributed by atoms with Gasteiger partial charge in [-0.3, -0.25) is 9.59 Å². The molecule has 9 heteroatoms. The molecular weight excluding hydrogens is 450 g/mol. The zero-order valence-corrected chi connectivity index (χ0v) is 20.7. The highest BCUT2D eigenvalue weighted by molar-refractivity contribution is 6.14. The number of allylic oxidation sites excluding steroid dienone is 2. The third-order valence-electron chi connectivity index (χ3n) is 7.75. The number of primary amides is 1. The Bertz CT molecular complexity index is 1150. The Morgan fingerprint density at radius 1 is 1.26 bits per heavy atom. The van der Waals surface area contributed by atoms with Crippen LogP contribution < -0.4 is 16.0 Å². The summed E-state index contributed by atoms with van der Waals surface area (Å²) in [6.45, 7) is 4.52. The number of phenols is 1. The van der Waals surface area contributed by atoms with Gasteiger partial charge < -0.3 is 36.4 Å². The van der Waals surface area contributed by atoms with E-state index < -0.39 is 23.2 Å². The number of aromatic hydroxyl groups is 1. The zero-order valence-electron chi connectivity index (χ0n) is 20.7. The molecule has 3 aliphatic rings. The van der Waals surface area contributed by atoms with Crippen LogP contribution in [0.3, 0.4) is 0 Å². The molecule has 0 saturated heterocycles. The molecule has 0 aromatic heterocycles. The van der Waals surface area contributed by atoms with Gasteiger partial charge in [-0.1, -0.05) is 6.92 Å². The summed E-state index contributed by atoms with van der Waals surface area (Å²) in [5, 5.41) is 47.5. The zero-order chi connectivity index (χ0) is 25.8. The summed E-state index contributed by atoms with van der Waals surface area (Å²) in [6.07, 6.45) is 1.84. The minimum Gasteiger partial charge on any atom is -0.512 e. The predicted molar refractivity (Wildman–Crippen MR) is 131 cm³/mol. The van der Waals surface area contributed by atoms with Gasteiger partial charge in [0.15, 0.2) is 5.78 Å². The maximum absolute atomic E-state index is 13.9. The molecule has 0 saturated carbocycles. The Balaban J connectivity index is 1.86.